The third-order valence-corrected chi connectivity index (χ3v) is 3.21. The number of carbonyl (C=O) groups excluding carboxylic acids is 1. The number of rotatable bonds is 3. The fourth-order valence-corrected chi connectivity index (χ4v) is 2.25. The van der Waals surface area contributed by atoms with Gasteiger partial charge in [-0.25, -0.2) is 0 Å². The Morgan fingerprint density at radius 1 is 1.53 bits per heavy atom. The molecule has 1 fully saturated rings. The topological polar surface area (TPSA) is 81.5 Å². The number of hydrogen-bond acceptors (Lipinski definition) is 4. The van der Waals surface area contributed by atoms with E-state index in [1.54, 1.807) is 0 Å². The van der Waals surface area contributed by atoms with Crippen molar-refractivity contribution in [2.75, 3.05) is 13.2 Å². The van der Waals surface area contributed by atoms with Crippen molar-refractivity contribution in [2.45, 2.75) is 18.9 Å². The second kappa shape index (κ2) is 5.99. The Morgan fingerprint density at radius 3 is 2.95 bits per heavy atom. The van der Waals surface area contributed by atoms with Crippen LogP contribution < -0.4 is 5.32 Å². The van der Waals surface area contributed by atoms with Crippen molar-refractivity contribution in [3.05, 3.63) is 38.9 Å². The number of halogens is 1. The standard InChI is InChI=1S/C12H13ClN2O4/c13-10-5-1-4-9(11(10)15(17)18)12(16)14-8-3-2-6-19-7-8/h1,4-5,8H,2-3,6-7H2,(H,14,16). The summed E-state index contributed by atoms with van der Waals surface area (Å²) in [6, 6.07) is 4.19. The van der Waals surface area contributed by atoms with Gasteiger partial charge in [0.05, 0.1) is 17.6 Å². The van der Waals surface area contributed by atoms with Crippen molar-refractivity contribution in [2.24, 2.45) is 0 Å². The number of nitrogens with zero attached hydrogens (tertiary/aromatic N) is 1. The molecule has 19 heavy (non-hydrogen) atoms. The van der Waals surface area contributed by atoms with Gasteiger partial charge in [-0.05, 0) is 25.0 Å². The maximum absolute atomic E-state index is 12.1. The van der Waals surface area contributed by atoms with Gasteiger partial charge in [0.2, 0.25) is 0 Å². The molecule has 0 aromatic heterocycles. The van der Waals surface area contributed by atoms with Gasteiger partial charge in [-0.3, -0.25) is 14.9 Å². The van der Waals surface area contributed by atoms with Gasteiger partial charge < -0.3 is 10.1 Å². The normalized spacial score (nSPS) is 18.9. The predicted molar refractivity (Wildman–Crippen MR) is 69.4 cm³/mol. The van der Waals surface area contributed by atoms with Crippen LogP contribution in [-0.2, 0) is 4.74 Å². The summed E-state index contributed by atoms with van der Waals surface area (Å²) in [6.45, 7) is 1.11. The van der Waals surface area contributed by atoms with E-state index in [1.807, 2.05) is 0 Å². The summed E-state index contributed by atoms with van der Waals surface area (Å²) in [4.78, 5) is 22.4. The minimum atomic E-state index is -0.644. The van der Waals surface area contributed by atoms with E-state index < -0.39 is 10.8 Å². The van der Waals surface area contributed by atoms with Gasteiger partial charge in [0.25, 0.3) is 5.91 Å². The number of para-hydroxylation sites is 1. The van der Waals surface area contributed by atoms with Crippen LogP contribution in [0, 0.1) is 10.1 Å². The number of hydrogen-bond donors (Lipinski definition) is 1. The second-order valence-corrected chi connectivity index (χ2v) is 4.69. The highest BCUT2D eigenvalue weighted by atomic mass is 35.5. The average Bonchev–Trinajstić information content (AvgIpc) is 2.39. The maximum Gasteiger partial charge on any atom is 0.300 e. The van der Waals surface area contributed by atoms with Crippen molar-refractivity contribution in [3.63, 3.8) is 0 Å². The first-order chi connectivity index (χ1) is 9.09. The van der Waals surface area contributed by atoms with Gasteiger partial charge in [0.1, 0.15) is 10.6 Å². The van der Waals surface area contributed by atoms with E-state index in [9.17, 15) is 14.9 Å². The minimum Gasteiger partial charge on any atom is -0.379 e. The molecular weight excluding hydrogens is 272 g/mol. The van der Waals surface area contributed by atoms with Crippen LogP contribution in [-0.4, -0.2) is 30.1 Å². The first kappa shape index (κ1) is 13.8. The summed E-state index contributed by atoms with van der Waals surface area (Å²) < 4.78 is 5.25. The molecule has 0 bridgehead atoms. The number of ether oxygens (including phenoxy) is 1. The molecule has 1 unspecified atom stereocenters. The number of benzene rings is 1. The molecule has 1 aliphatic rings. The SMILES string of the molecule is O=C(NC1CCCOC1)c1cccc(Cl)c1[N+](=O)[O-]. The number of amides is 1. The lowest BCUT2D eigenvalue weighted by molar-refractivity contribution is -0.385. The van der Waals surface area contributed by atoms with Gasteiger partial charge in [-0.2, -0.15) is 0 Å². The Labute approximate surface area is 114 Å². The lowest BCUT2D eigenvalue weighted by Crippen LogP contribution is -2.40. The van der Waals surface area contributed by atoms with Crippen LogP contribution in [0.5, 0.6) is 0 Å². The largest absolute Gasteiger partial charge is 0.379 e. The number of carbonyl (C=O) groups is 1. The van der Waals surface area contributed by atoms with E-state index in [1.165, 1.54) is 18.2 Å². The van der Waals surface area contributed by atoms with Gasteiger partial charge in [-0.1, -0.05) is 17.7 Å². The quantitative estimate of drug-likeness (QED) is 0.681. The fourth-order valence-electron chi connectivity index (χ4n) is 2.00. The van der Waals surface area contributed by atoms with Crippen LogP contribution in [0.3, 0.4) is 0 Å². The summed E-state index contributed by atoms with van der Waals surface area (Å²) in [6.07, 6.45) is 1.67. The van der Waals surface area contributed by atoms with Crippen LogP contribution in [0.25, 0.3) is 0 Å². The van der Waals surface area contributed by atoms with Gasteiger partial charge in [0, 0.05) is 6.61 Å². The molecule has 102 valence electrons. The van der Waals surface area contributed by atoms with Crippen molar-refractivity contribution in [1.29, 1.82) is 0 Å². The monoisotopic (exact) mass is 284 g/mol. The van der Waals surface area contributed by atoms with E-state index in [2.05, 4.69) is 5.32 Å². The van der Waals surface area contributed by atoms with Gasteiger partial charge in [-0.15, -0.1) is 0 Å². The van der Waals surface area contributed by atoms with Crippen molar-refractivity contribution in [3.8, 4) is 0 Å². The molecule has 1 amide bonds. The van der Waals surface area contributed by atoms with Crippen LogP contribution in [0.1, 0.15) is 23.2 Å². The first-order valence-corrected chi connectivity index (χ1v) is 6.29. The van der Waals surface area contributed by atoms with Gasteiger partial charge >= 0.3 is 5.69 Å². The first-order valence-electron chi connectivity index (χ1n) is 5.91. The Bertz CT molecular complexity index is 501. The number of nitro benzene ring substituents is 1. The predicted octanol–water partition coefficient (Wildman–Crippen LogP) is 2.16. The molecule has 0 spiro atoms. The Hall–Kier alpha value is -1.66. The molecule has 2 rings (SSSR count). The Morgan fingerprint density at radius 2 is 2.32 bits per heavy atom. The third kappa shape index (κ3) is 3.21. The molecule has 0 radical (unpaired) electrons. The number of nitrogens with one attached hydrogen (secondary N) is 1. The van der Waals surface area contributed by atoms with Crippen LogP contribution in [0.2, 0.25) is 5.02 Å². The van der Waals surface area contributed by atoms with Crippen molar-refractivity contribution in [1.82, 2.24) is 5.32 Å². The summed E-state index contributed by atoms with van der Waals surface area (Å²) in [5, 5.41) is 13.6. The molecule has 1 aromatic rings. The van der Waals surface area contributed by atoms with Crippen LogP contribution in [0.4, 0.5) is 5.69 Å². The highest BCUT2D eigenvalue weighted by Gasteiger charge is 2.25. The zero-order chi connectivity index (χ0) is 13.8. The highest BCUT2D eigenvalue weighted by molar-refractivity contribution is 6.33. The molecule has 1 aliphatic heterocycles. The van der Waals surface area contributed by atoms with Crippen molar-refractivity contribution >= 4 is 23.2 Å². The zero-order valence-corrected chi connectivity index (χ0v) is 10.9. The molecule has 0 saturated carbocycles. The fraction of sp³-hybridized carbons (Fsp3) is 0.417. The third-order valence-electron chi connectivity index (χ3n) is 2.91. The average molecular weight is 285 g/mol. The van der Waals surface area contributed by atoms with Crippen LogP contribution in [0.15, 0.2) is 18.2 Å². The summed E-state index contributed by atoms with van der Waals surface area (Å²) in [5.74, 6) is -0.496. The smallest absolute Gasteiger partial charge is 0.300 e. The Balaban J connectivity index is 2.18. The lowest BCUT2D eigenvalue weighted by atomic mass is 10.1. The highest BCUT2D eigenvalue weighted by Crippen LogP contribution is 2.28. The minimum absolute atomic E-state index is 0.0249. The maximum atomic E-state index is 12.1. The van der Waals surface area contributed by atoms with Crippen molar-refractivity contribution < 1.29 is 14.5 Å². The van der Waals surface area contributed by atoms with E-state index in [4.69, 9.17) is 16.3 Å². The zero-order valence-electron chi connectivity index (χ0n) is 10.1. The molecule has 1 N–H and O–H groups in total. The second-order valence-electron chi connectivity index (χ2n) is 4.28. The molecule has 1 aromatic carbocycles. The van der Waals surface area contributed by atoms with E-state index in [0.717, 1.165) is 12.8 Å². The molecular formula is C12H13ClN2O4. The molecule has 1 saturated heterocycles. The molecule has 1 atom stereocenters. The summed E-state index contributed by atoms with van der Waals surface area (Å²) >= 11 is 5.76. The molecule has 6 nitrogen and oxygen atoms in total. The van der Waals surface area contributed by atoms with Crippen LogP contribution >= 0.6 is 11.6 Å². The summed E-state index contributed by atoms with van der Waals surface area (Å²) in [7, 11) is 0. The van der Waals surface area contributed by atoms with E-state index >= 15 is 0 Å². The Kier molecular flexibility index (Phi) is 4.34. The molecule has 7 heteroatoms. The lowest BCUT2D eigenvalue weighted by Gasteiger charge is -2.23. The summed E-state index contributed by atoms with van der Waals surface area (Å²) in [5.41, 5.74) is -0.388. The number of nitro groups is 1. The van der Waals surface area contributed by atoms with E-state index in [0.29, 0.717) is 13.2 Å². The van der Waals surface area contributed by atoms with Gasteiger partial charge in [0.15, 0.2) is 0 Å². The molecule has 1 heterocycles. The van der Waals surface area contributed by atoms with E-state index in [-0.39, 0.29) is 22.3 Å². The molecule has 0 aliphatic carbocycles.